The summed E-state index contributed by atoms with van der Waals surface area (Å²) < 4.78 is 7.23. The summed E-state index contributed by atoms with van der Waals surface area (Å²) in [6.45, 7) is 25.4. The molecular weight excluding hydrogens is 522 g/mol. The van der Waals surface area contributed by atoms with Gasteiger partial charge in [-0.1, -0.05) is 34.6 Å². The van der Waals surface area contributed by atoms with E-state index >= 15 is 0 Å². The molecular formula is C37H64NO4+. The summed E-state index contributed by atoms with van der Waals surface area (Å²) in [6, 6.07) is 0. The van der Waals surface area contributed by atoms with Crippen molar-refractivity contribution in [3.63, 3.8) is 0 Å². The third-order valence-corrected chi connectivity index (χ3v) is 16.2. The van der Waals surface area contributed by atoms with Crippen molar-refractivity contribution in [1.29, 1.82) is 0 Å². The lowest BCUT2D eigenvalue weighted by molar-refractivity contribution is -0.923. The molecule has 0 aromatic rings. The molecule has 5 aliphatic carbocycles. The normalized spacial score (nSPS) is 46.1. The summed E-state index contributed by atoms with van der Waals surface area (Å²) >= 11 is 0. The molecule has 0 spiro atoms. The molecule has 0 unspecified atom stereocenters. The number of carbonyl (C=O) groups is 2. The van der Waals surface area contributed by atoms with Gasteiger partial charge in [-0.25, -0.2) is 0 Å². The van der Waals surface area contributed by atoms with Gasteiger partial charge in [0.05, 0.1) is 31.2 Å². The molecule has 0 aliphatic heterocycles. The van der Waals surface area contributed by atoms with Crippen molar-refractivity contribution in [1.82, 2.24) is 0 Å². The van der Waals surface area contributed by atoms with E-state index in [1.165, 1.54) is 19.3 Å². The average molecular weight is 587 g/mol. The Morgan fingerprint density at radius 1 is 0.786 bits per heavy atom. The Bertz CT molecular complexity index is 1040. The maximum absolute atomic E-state index is 14.2. The number of likely N-dealkylation sites (N-methyl/N-ethyl adjacent to an activating group) is 1. The number of quaternary nitrogens is 1. The first-order chi connectivity index (χ1) is 19.6. The number of nitrogens with zero attached hydrogens (tertiary/aromatic N) is 1. The van der Waals surface area contributed by atoms with Crippen LogP contribution in [0.25, 0.3) is 0 Å². The fourth-order valence-corrected chi connectivity index (χ4v) is 13.0. The number of hydrogen-bond donors (Lipinski definition) is 1. The number of Topliss-reactive ketones (excluding diaryl/α,β-unsaturated/α-hetero) is 1. The van der Waals surface area contributed by atoms with E-state index in [0.717, 1.165) is 75.6 Å². The minimum atomic E-state index is -0.498. The number of aliphatic hydroxyl groups is 1. The smallest absolute Gasteiger partial charge is 0.312 e. The topological polar surface area (TPSA) is 63.6 Å². The Kier molecular flexibility index (Phi) is 8.38. The van der Waals surface area contributed by atoms with Crippen LogP contribution in [-0.2, 0) is 14.3 Å². The van der Waals surface area contributed by atoms with E-state index in [2.05, 4.69) is 55.4 Å². The van der Waals surface area contributed by atoms with Crippen molar-refractivity contribution in [2.45, 2.75) is 133 Å². The number of aliphatic hydroxyl groups excluding tert-OH is 1. The molecule has 5 rings (SSSR count). The summed E-state index contributed by atoms with van der Waals surface area (Å²) in [7, 11) is 0. The van der Waals surface area contributed by atoms with Gasteiger partial charge in [0.15, 0.2) is 0 Å². The minimum absolute atomic E-state index is 0.00525. The van der Waals surface area contributed by atoms with Gasteiger partial charge < -0.3 is 14.3 Å². The van der Waals surface area contributed by atoms with Gasteiger partial charge >= 0.3 is 5.97 Å². The van der Waals surface area contributed by atoms with Crippen LogP contribution >= 0.6 is 0 Å². The van der Waals surface area contributed by atoms with Crippen molar-refractivity contribution in [2.75, 3.05) is 32.8 Å². The first-order valence-electron chi connectivity index (χ1n) is 17.8. The number of rotatable bonds is 8. The summed E-state index contributed by atoms with van der Waals surface area (Å²) in [5.74, 6) is 1.92. The van der Waals surface area contributed by atoms with Gasteiger partial charge in [-0.05, 0) is 137 Å². The van der Waals surface area contributed by atoms with Crippen LogP contribution in [0, 0.1) is 56.7 Å². The van der Waals surface area contributed by atoms with E-state index in [1.54, 1.807) is 6.92 Å². The largest absolute Gasteiger partial charge is 0.459 e. The van der Waals surface area contributed by atoms with E-state index in [1.807, 2.05) is 0 Å². The third-order valence-electron chi connectivity index (χ3n) is 16.2. The van der Waals surface area contributed by atoms with Crippen molar-refractivity contribution < 1.29 is 23.9 Å². The second-order valence-electron chi connectivity index (χ2n) is 17.1. The summed E-state index contributed by atoms with van der Waals surface area (Å²) in [5, 5.41) is 11.0. The molecule has 5 saturated carbocycles. The lowest BCUT2D eigenvalue weighted by Crippen LogP contribution is -2.67. The standard InChI is InChI=1S/C37H64NO4/c1-10-38(11-2,12-3)23-24-42-32(41)37-20-15-26(25(4)39)31(37)27-13-14-29-34(7)18-17-30(40)33(5,6)28(34)16-19-36(29,9)35(27,8)21-22-37/h26-31,40H,10-24H2,1-9H3/q+1/t26-,27+,28-,29+,30-,31+,34-,35+,36+,37-/m0/s1. The fourth-order valence-electron chi connectivity index (χ4n) is 13.0. The molecule has 5 heteroatoms. The predicted octanol–water partition coefficient (Wildman–Crippen LogP) is 7.44. The van der Waals surface area contributed by atoms with Gasteiger partial charge in [-0.3, -0.25) is 9.59 Å². The third kappa shape index (κ3) is 4.35. The van der Waals surface area contributed by atoms with E-state index in [-0.39, 0.29) is 51.4 Å². The van der Waals surface area contributed by atoms with E-state index < -0.39 is 5.41 Å². The second kappa shape index (κ2) is 10.8. The number of carbonyl (C=O) groups excluding carboxylic acids is 2. The summed E-state index contributed by atoms with van der Waals surface area (Å²) in [4.78, 5) is 27.5. The highest BCUT2D eigenvalue weighted by Gasteiger charge is 2.72. The van der Waals surface area contributed by atoms with Gasteiger partial charge in [0.25, 0.3) is 0 Å². The number of ketones is 1. The number of esters is 1. The number of ether oxygens (including phenoxy) is 1. The Morgan fingerprint density at radius 3 is 2.07 bits per heavy atom. The summed E-state index contributed by atoms with van der Waals surface area (Å²) in [5.41, 5.74) is -0.0287. The quantitative estimate of drug-likeness (QED) is 0.237. The highest BCUT2D eigenvalue weighted by atomic mass is 16.5. The number of fused-ring (bicyclic) bond motifs is 7. The first-order valence-corrected chi connectivity index (χ1v) is 17.8. The first kappa shape index (κ1) is 32.5. The monoisotopic (exact) mass is 586 g/mol. The molecule has 5 fully saturated rings. The second-order valence-corrected chi connectivity index (χ2v) is 17.1. The summed E-state index contributed by atoms with van der Waals surface area (Å²) in [6.07, 6.45) is 10.1. The molecule has 0 saturated heterocycles. The van der Waals surface area contributed by atoms with Crippen molar-refractivity contribution >= 4 is 11.8 Å². The van der Waals surface area contributed by atoms with Crippen molar-refractivity contribution in [2.24, 2.45) is 56.7 Å². The molecule has 42 heavy (non-hydrogen) atoms. The highest BCUT2D eigenvalue weighted by Crippen LogP contribution is 2.77. The minimum Gasteiger partial charge on any atom is -0.459 e. The maximum Gasteiger partial charge on any atom is 0.312 e. The highest BCUT2D eigenvalue weighted by molar-refractivity contribution is 5.84. The lowest BCUT2D eigenvalue weighted by Gasteiger charge is -2.72. The van der Waals surface area contributed by atoms with Crippen molar-refractivity contribution in [3.8, 4) is 0 Å². The van der Waals surface area contributed by atoms with Gasteiger partial charge in [0.2, 0.25) is 0 Å². The zero-order chi connectivity index (χ0) is 30.9. The zero-order valence-electron chi connectivity index (χ0n) is 28.7. The van der Waals surface area contributed by atoms with Crippen LogP contribution in [-0.4, -0.2) is 60.2 Å². The fraction of sp³-hybridized carbons (Fsp3) is 0.946. The molecule has 1 N–H and O–H groups in total. The van der Waals surface area contributed by atoms with Crippen LogP contribution < -0.4 is 0 Å². The predicted molar refractivity (Wildman–Crippen MR) is 169 cm³/mol. The van der Waals surface area contributed by atoms with Crippen LogP contribution in [0.2, 0.25) is 0 Å². The van der Waals surface area contributed by atoms with Gasteiger partial charge in [0, 0.05) is 5.92 Å². The zero-order valence-corrected chi connectivity index (χ0v) is 28.7. The van der Waals surface area contributed by atoms with Gasteiger partial charge in [-0.15, -0.1) is 0 Å². The van der Waals surface area contributed by atoms with E-state index in [9.17, 15) is 14.7 Å². The van der Waals surface area contributed by atoms with Crippen LogP contribution in [0.1, 0.15) is 127 Å². The Hall–Kier alpha value is -0.940. The van der Waals surface area contributed by atoms with Crippen LogP contribution in [0.4, 0.5) is 0 Å². The molecule has 10 atom stereocenters. The van der Waals surface area contributed by atoms with Gasteiger partial charge in [-0.2, -0.15) is 0 Å². The van der Waals surface area contributed by atoms with E-state index in [4.69, 9.17) is 4.74 Å². The van der Waals surface area contributed by atoms with Crippen LogP contribution in [0.3, 0.4) is 0 Å². The average Bonchev–Trinajstić information content (AvgIpc) is 3.35. The molecule has 240 valence electrons. The van der Waals surface area contributed by atoms with E-state index in [0.29, 0.717) is 24.4 Å². The Labute approximate surface area is 257 Å². The lowest BCUT2D eigenvalue weighted by atomic mass is 9.32. The molecule has 0 bridgehead atoms. The van der Waals surface area contributed by atoms with Crippen molar-refractivity contribution in [3.05, 3.63) is 0 Å². The molecule has 0 radical (unpaired) electrons. The molecule has 0 amide bonds. The number of hydrogen-bond acceptors (Lipinski definition) is 4. The molecule has 0 aromatic carbocycles. The van der Waals surface area contributed by atoms with Crippen LogP contribution in [0.5, 0.6) is 0 Å². The maximum atomic E-state index is 14.2. The Balaban J connectivity index is 1.45. The van der Waals surface area contributed by atoms with Crippen LogP contribution in [0.15, 0.2) is 0 Å². The molecule has 5 nitrogen and oxygen atoms in total. The molecule has 0 heterocycles. The van der Waals surface area contributed by atoms with Gasteiger partial charge in [0.1, 0.15) is 18.9 Å². The molecule has 0 aromatic heterocycles. The molecule has 5 aliphatic rings. The Morgan fingerprint density at radius 2 is 1.45 bits per heavy atom. The SMILES string of the molecule is CC[N+](CC)(CC)CCOC(=O)[C@]12CC[C@@H](C(C)=O)[C@@H]1[C@H]1CC[C@@H]3[C@@]4(C)CC[C@H](O)C(C)(C)[C@@H]4CC[C@@]3(C)[C@]1(C)CC2.